The molecule has 41 heavy (non-hydrogen) atoms. The van der Waals surface area contributed by atoms with Gasteiger partial charge in [-0.15, -0.1) is 0 Å². The molecule has 0 bridgehead atoms. The van der Waals surface area contributed by atoms with E-state index in [1.807, 2.05) is 54.7 Å². The summed E-state index contributed by atoms with van der Waals surface area (Å²) in [5.74, 6) is -0.151. The van der Waals surface area contributed by atoms with Crippen LogP contribution in [0.2, 0.25) is 0 Å². The summed E-state index contributed by atoms with van der Waals surface area (Å²) in [5, 5.41) is 5.48. The molecule has 0 radical (unpaired) electrons. The monoisotopic (exact) mass is 540 g/mol. The molecule has 4 N–H and O–H groups in total. The summed E-state index contributed by atoms with van der Waals surface area (Å²) in [6, 6.07) is 28.4. The lowest BCUT2D eigenvalue weighted by atomic mass is 10.1. The van der Waals surface area contributed by atoms with Crippen LogP contribution in [-0.4, -0.2) is 32.0 Å². The van der Waals surface area contributed by atoms with Crippen molar-refractivity contribution in [3.05, 3.63) is 120 Å². The molecule has 0 aliphatic heterocycles. The molecule has 0 unspecified atom stereocenters. The highest BCUT2D eigenvalue weighted by molar-refractivity contribution is 6.15. The lowest BCUT2D eigenvalue weighted by Gasteiger charge is -2.14. The Morgan fingerprint density at radius 2 is 1.83 bits per heavy atom. The number of pyridine rings is 1. The summed E-state index contributed by atoms with van der Waals surface area (Å²) in [6.45, 7) is 0.611. The van der Waals surface area contributed by atoms with Crippen molar-refractivity contribution in [1.29, 1.82) is 0 Å². The third-order valence-corrected chi connectivity index (χ3v) is 7.38. The molecule has 7 rings (SSSR count). The largest absolute Gasteiger partial charge is 0.384 e. The Labute approximate surface area is 234 Å². The van der Waals surface area contributed by atoms with Gasteiger partial charge in [0.15, 0.2) is 0 Å². The third-order valence-electron chi connectivity index (χ3n) is 7.38. The topological polar surface area (TPSA) is 102 Å². The Kier molecular flexibility index (Phi) is 5.93. The van der Waals surface area contributed by atoms with Gasteiger partial charge in [0, 0.05) is 52.7 Å². The van der Waals surface area contributed by atoms with Crippen molar-refractivity contribution in [3.63, 3.8) is 0 Å². The van der Waals surface area contributed by atoms with Gasteiger partial charge < -0.3 is 20.6 Å². The number of carbonyl (C=O) groups is 1. The summed E-state index contributed by atoms with van der Waals surface area (Å²) < 4.78 is 16.1. The molecule has 1 amide bonds. The van der Waals surface area contributed by atoms with Crippen LogP contribution >= 0.6 is 0 Å². The Hall–Kier alpha value is -5.50. The first kappa shape index (κ1) is 24.5. The second kappa shape index (κ2) is 9.91. The van der Waals surface area contributed by atoms with E-state index in [-0.39, 0.29) is 5.82 Å². The maximum absolute atomic E-state index is 13.9. The highest BCUT2D eigenvalue weighted by atomic mass is 19.1. The highest BCUT2D eigenvalue weighted by Gasteiger charge is 2.19. The second-order valence-corrected chi connectivity index (χ2v) is 9.93. The van der Waals surface area contributed by atoms with Crippen molar-refractivity contribution in [2.75, 3.05) is 11.9 Å². The number of carbonyl (C=O) groups excluding carboxylic acids is 1. The van der Waals surface area contributed by atoms with Gasteiger partial charge in [0.05, 0.1) is 27.6 Å². The van der Waals surface area contributed by atoms with Crippen LogP contribution in [0.4, 0.5) is 10.1 Å². The van der Waals surface area contributed by atoms with E-state index in [0.29, 0.717) is 29.1 Å². The van der Waals surface area contributed by atoms with Gasteiger partial charge in [-0.05, 0) is 60.5 Å². The number of imidazole rings is 1. The van der Waals surface area contributed by atoms with Gasteiger partial charge in [-0.3, -0.25) is 9.78 Å². The number of halogens is 1. The minimum absolute atomic E-state index is 0.324. The number of primary amides is 1. The summed E-state index contributed by atoms with van der Waals surface area (Å²) in [6.07, 6.45) is 4.33. The maximum atomic E-state index is 13.9. The Morgan fingerprint density at radius 1 is 0.951 bits per heavy atom. The number of amides is 1. The van der Waals surface area contributed by atoms with E-state index >= 15 is 0 Å². The maximum Gasteiger partial charge on any atom is 0.250 e. The molecule has 4 aromatic carbocycles. The normalized spacial score (nSPS) is 11.4. The minimum Gasteiger partial charge on any atom is -0.384 e. The molecule has 3 aromatic heterocycles. The first-order valence-electron chi connectivity index (χ1n) is 13.3. The number of H-pyrrole nitrogens is 1. The number of aromatic nitrogens is 4. The van der Waals surface area contributed by atoms with E-state index in [9.17, 15) is 9.18 Å². The van der Waals surface area contributed by atoms with Crippen LogP contribution in [0.15, 0.2) is 103 Å². The molecular weight excluding hydrogens is 515 g/mol. The summed E-state index contributed by atoms with van der Waals surface area (Å²) in [7, 11) is 0. The lowest BCUT2D eigenvalue weighted by Crippen LogP contribution is -2.16. The highest BCUT2D eigenvalue weighted by Crippen LogP contribution is 2.38. The van der Waals surface area contributed by atoms with Crippen LogP contribution < -0.4 is 11.1 Å². The van der Waals surface area contributed by atoms with Crippen molar-refractivity contribution in [2.24, 2.45) is 5.73 Å². The molecule has 3 heterocycles. The van der Waals surface area contributed by atoms with Gasteiger partial charge in [0.1, 0.15) is 11.6 Å². The van der Waals surface area contributed by atoms with E-state index in [1.165, 1.54) is 12.1 Å². The van der Waals surface area contributed by atoms with Crippen LogP contribution in [0.5, 0.6) is 0 Å². The van der Waals surface area contributed by atoms with Gasteiger partial charge in [0.2, 0.25) is 0 Å². The number of para-hydroxylation sites is 1. The average molecular weight is 541 g/mol. The molecule has 0 saturated carbocycles. The van der Waals surface area contributed by atoms with Crippen LogP contribution in [0, 0.1) is 5.82 Å². The Bertz CT molecular complexity index is 2080. The van der Waals surface area contributed by atoms with E-state index in [1.54, 1.807) is 18.3 Å². The molecule has 0 atom stereocenters. The van der Waals surface area contributed by atoms with Crippen LogP contribution in [-0.2, 0) is 6.42 Å². The zero-order valence-electron chi connectivity index (χ0n) is 21.9. The number of hydrogen-bond donors (Lipinski definition) is 3. The first-order chi connectivity index (χ1) is 20.1. The number of hydrogen-bond acceptors (Lipinski definition) is 4. The summed E-state index contributed by atoms with van der Waals surface area (Å²) in [4.78, 5) is 24.6. The molecule has 0 fully saturated rings. The van der Waals surface area contributed by atoms with E-state index < -0.39 is 5.91 Å². The minimum atomic E-state index is -0.494. The molecular formula is C33H25FN6O. The van der Waals surface area contributed by atoms with E-state index in [2.05, 4.69) is 38.1 Å². The molecule has 200 valence electrons. The van der Waals surface area contributed by atoms with Gasteiger partial charge >= 0.3 is 0 Å². The number of nitrogens with one attached hydrogen (secondary N) is 2. The van der Waals surface area contributed by atoms with Gasteiger partial charge in [0.25, 0.3) is 5.91 Å². The smallest absolute Gasteiger partial charge is 0.250 e. The number of fused-ring (bicyclic) bond motifs is 4. The van der Waals surface area contributed by atoms with Crippen molar-refractivity contribution >= 4 is 44.4 Å². The predicted molar refractivity (Wildman–Crippen MR) is 161 cm³/mol. The fourth-order valence-electron chi connectivity index (χ4n) is 5.52. The zero-order chi connectivity index (χ0) is 27.9. The quantitative estimate of drug-likeness (QED) is 0.212. The number of aromatic amines is 1. The molecule has 7 nitrogen and oxygen atoms in total. The third kappa shape index (κ3) is 4.35. The summed E-state index contributed by atoms with van der Waals surface area (Å²) >= 11 is 0. The average Bonchev–Trinajstić information content (AvgIpc) is 3.56. The SMILES string of the molecule is NC(=O)c1ccc(-n2c3ccccc3c3c(-c4nc5cc(F)ccc5[nH]4)cccc32)cc1NCCc1cccnc1. The molecule has 0 spiro atoms. The summed E-state index contributed by atoms with van der Waals surface area (Å²) in [5.41, 5.74) is 13.1. The van der Waals surface area contributed by atoms with E-state index in [0.717, 1.165) is 50.6 Å². The Balaban J connectivity index is 1.37. The van der Waals surface area contributed by atoms with Crippen LogP contribution in [0.3, 0.4) is 0 Å². The van der Waals surface area contributed by atoms with Crippen LogP contribution in [0.1, 0.15) is 15.9 Å². The van der Waals surface area contributed by atoms with Crippen LogP contribution in [0.25, 0.3) is 49.9 Å². The van der Waals surface area contributed by atoms with Crippen molar-refractivity contribution in [1.82, 2.24) is 19.5 Å². The second-order valence-electron chi connectivity index (χ2n) is 9.93. The number of rotatable bonds is 7. The zero-order valence-corrected chi connectivity index (χ0v) is 21.9. The molecule has 7 aromatic rings. The van der Waals surface area contributed by atoms with Gasteiger partial charge in [-0.25, -0.2) is 9.37 Å². The predicted octanol–water partition coefficient (Wildman–Crippen LogP) is 6.61. The van der Waals surface area contributed by atoms with Crippen molar-refractivity contribution in [2.45, 2.75) is 6.42 Å². The van der Waals surface area contributed by atoms with E-state index in [4.69, 9.17) is 10.7 Å². The molecule has 0 aliphatic rings. The number of benzene rings is 4. The Morgan fingerprint density at radius 3 is 2.68 bits per heavy atom. The fourth-order valence-corrected chi connectivity index (χ4v) is 5.52. The molecule has 8 heteroatoms. The number of nitrogens with two attached hydrogens (primary N) is 1. The number of nitrogens with zero attached hydrogens (tertiary/aromatic N) is 3. The van der Waals surface area contributed by atoms with Gasteiger partial charge in [-0.1, -0.05) is 36.4 Å². The standard InChI is InChI=1S/C33H25FN6O/c34-21-10-13-26-28(17-21)39-33(38-26)25-7-3-9-30-31(25)24-6-1-2-8-29(24)40(30)22-11-12-23(32(35)41)27(18-22)37-16-14-20-5-4-15-36-19-20/h1-13,15,17-19,37H,14,16H2,(H2,35,41)(H,38,39). The van der Waals surface area contributed by atoms with Crippen molar-refractivity contribution in [3.8, 4) is 17.1 Å². The van der Waals surface area contributed by atoms with Crippen molar-refractivity contribution < 1.29 is 9.18 Å². The molecule has 0 saturated heterocycles. The fraction of sp³-hybridized carbons (Fsp3) is 0.0606. The molecule has 0 aliphatic carbocycles. The first-order valence-corrected chi connectivity index (χ1v) is 13.3. The van der Waals surface area contributed by atoms with Gasteiger partial charge in [-0.2, -0.15) is 0 Å². The lowest BCUT2D eigenvalue weighted by molar-refractivity contribution is 0.100. The number of anilines is 1.